The number of methoxy groups -OCH3 is 1. The van der Waals surface area contributed by atoms with Crippen molar-refractivity contribution >= 4 is 44.6 Å². The van der Waals surface area contributed by atoms with Crippen molar-refractivity contribution in [1.82, 2.24) is 25.2 Å². The minimum atomic E-state index is -4.93. The zero-order chi connectivity index (χ0) is 41.7. The van der Waals surface area contributed by atoms with Gasteiger partial charge in [-0.25, -0.2) is 27.3 Å². The lowest BCUT2D eigenvalue weighted by molar-refractivity contribution is -0.244. The summed E-state index contributed by atoms with van der Waals surface area (Å²) in [6, 6.07) is 4.05. The number of sulfonamides is 1. The van der Waals surface area contributed by atoms with E-state index in [1.165, 1.54) is 13.3 Å². The standard InChI is InChI=1S/C38H47F4N5O9S/c1-21-8-6-7-9-24-19-37(24,33(50)46-57(52,53)36(39)13-14-36)45-30(48)28-18-26(55-31-27-11-10-25(54-5)17-23(27)12-15-43-31)20-47(28)32(49)29(22(2)16-21)44-34(51)56-35(3,4)38(40,41)42/h7,9-12,15,17,21-22,24,26,28-29H,6,8,13-14,16,18-20H2,1-5H3,(H,44,51)(H,45,48)(H,46,50)/b9-7-/t21-,22+,24+,26+,28-,29-,37+/m0/s1. The molecule has 3 fully saturated rings. The van der Waals surface area contributed by atoms with Gasteiger partial charge in [-0.15, -0.1) is 0 Å². The van der Waals surface area contributed by atoms with Crippen LogP contribution >= 0.6 is 0 Å². The van der Waals surface area contributed by atoms with Gasteiger partial charge in [0.15, 0.2) is 0 Å². The number of amides is 4. The smallest absolute Gasteiger partial charge is 0.427 e. The molecular weight excluding hydrogens is 779 g/mol. The normalized spacial score (nSPS) is 29.7. The Bertz CT molecular complexity index is 2060. The van der Waals surface area contributed by atoms with Crippen molar-refractivity contribution in [3.05, 3.63) is 42.6 Å². The van der Waals surface area contributed by atoms with Crippen molar-refractivity contribution in [2.75, 3.05) is 13.7 Å². The number of benzene rings is 1. The lowest BCUT2D eigenvalue weighted by atomic mass is 9.88. The molecule has 2 aromatic rings. The van der Waals surface area contributed by atoms with E-state index in [1.54, 1.807) is 43.3 Å². The summed E-state index contributed by atoms with van der Waals surface area (Å²) < 4.78 is 99.7. The van der Waals surface area contributed by atoms with Gasteiger partial charge in [0, 0.05) is 36.8 Å². The first kappa shape index (κ1) is 41.9. The Morgan fingerprint density at radius 1 is 1.09 bits per heavy atom. The predicted molar refractivity (Wildman–Crippen MR) is 197 cm³/mol. The van der Waals surface area contributed by atoms with Crippen LogP contribution in [0.4, 0.5) is 22.4 Å². The zero-order valence-electron chi connectivity index (χ0n) is 32.2. The number of nitrogens with zero attached hydrogens (tertiary/aromatic N) is 2. The quantitative estimate of drug-likeness (QED) is 0.247. The molecule has 2 aliphatic carbocycles. The van der Waals surface area contributed by atoms with Gasteiger partial charge >= 0.3 is 12.3 Å². The van der Waals surface area contributed by atoms with Gasteiger partial charge < -0.3 is 29.7 Å². The van der Waals surface area contributed by atoms with Crippen LogP contribution in [-0.4, -0.2) is 96.3 Å². The molecule has 0 bridgehead atoms. The number of nitrogens with one attached hydrogen (secondary N) is 3. The maximum absolute atomic E-state index is 14.8. The molecule has 3 N–H and O–H groups in total. The van der Waals surface area contributed by atoms with Gasteiger partial charge in [0.25, 0.3) is 15.9 Å². The molecule has 0 spiro atoms. The number of carbonyl (C=O) groups is 4. The number of rotatable bonds is 8. The van der Waals surface area contributed by atoms with Gasteiger partial charge in [-0.2, -0.15) is 13.2 Å². The molecule has 1 aromatic heterocycles. The van der Waals surface area contributed by atoms with Gasteiger partial charge in [0.1, 0.15) is 29.5 Å². The first-order chi connectivity index (χ1) is 26.6. The number of hydrogen-bond donors (Lipinski definition) is 3. The van der Waals surface area contributed by atoms with Crippen molar-refractivity contribution in [1.29, 1.82) is 0 Å². The average molecular weight is 826 g/mol. The zero-order valence-corrected chi connectivity index (χ0v) is 33.0. The highest BCUT2D eigenvalue weighted by atomic mass is 32.2. The fraction of sp³-hybridized carbons (Fsp3) is 0.605. The number of hydrogen-bond acceptors (Lipinski definition) is 10. The van der Waals surface area contributed by atoms with Gasteiger partial charge in [0.2, 0.25) is 28.3 Å². The van der Waals surface area contributed by atoms with E-state index in [1.807, 2.05) is 11.6 Å². The highest BCUT2D eigenvalue weighted by Gasteiger charge is 2.64. The topological polar surface area (TPSA) is 182 Å². The third kappa shape index (κ3) is 8.62. The summed E-state index contributed by atoms with van der Waals surface area (Å²) in [6.45, 7) is 4.65. The second-order valence-corrected chi connectivity index (χ2v) is 18.1. The number of aromatic nitrogens is 1. The SMILES string of the molecule is COc1ccc2c(O[C@@H]3C[C@H]4C(=O)N[C@]5(C(=O)NS(=O)(=O)C6(F)CC6)C[C@H]5/C=C\CC[C@H](C)C[C@@H](C)[C@H](NC(=O)OC(C)(C)C(F)(F)F)C(=O)N4C3)nccc2c1. The molecule has 1 saturated heterocycles. The molecule has 4 amide bonds. The summed E-state index contributed by atoms with van der Waals surface area (Å²) in [5, 5.41) is 3.71. The first-order valence-corrected chi connectivity index (χ1v) is 20.3. The van der Waals surface area contributed by atoms with Crippen LogP contribution < -0.4 is 24.8 Å². The molecule has 0 radical (unpaired) electrons. The Hall–Kier alpha value is -4.68. The first-order valence-electron chi connectivity index (χ1n) is 18.8. The summed E-state index contributed by atoms with van der Waals surface area (Å²) in [6.07, 6.45) is -1.73. The molecule has 2 aliphatic heterocycles. The minimum absolute atomic E-state index is 0.0164. The average Bonchev–Trinajstić information content (AvgIpc) is 4.01. The molecule has 14 nitrogen and oxygen atoms in total. The van der Waals surface area contributed by atoms with E-state index < -0.39 is 86.2 Å². The summed E-state index contributed by atoms with van der Waals surface area (Å²) in [4.78, 5) is 61.4. The molecule has 57 heavy (non-hydrogen) atoms. The van der Waals surface area contributed by atoms with Gasteiger partial charge in [-0.3, -0.25) is 14.4 Å². The Morgan fingerprint density at radius 3 is 2.47 bits per heavy atom. The number of allylic oxidation sites excluding steroid dienone is 1. The molecule has 4 aliphatic rings. The maximum atomic E-state index is 14.8. The van der Waals surface area contributed by atoms with Crippen LogP contribution in [0.5, 0.6) is 11.6 Å². The highest BCUT2D eigenvalue weighted by molar-refractivity contribution is 7.91. The van der Waals surface area contributed by atoms with E-state index in [4.69, 9.17) is 14.2 Å². The van der Waals surface area contributed by atoms with Gasteiger partial charge in [-0.1, -0.05) is 26.0 Å². The minimum Gasteiger partial charge on any atom is -0.497 e. The van der Waals surface area contributed by atoms with Crippen LogP contribution in [-0.2, 0) is 29.1 Å². The molecule has 3 heterocycles. The Labute approximate surface area is 327 Å². The Morgan fingerprint density at radius 2 is 1.81 bits per heavy atom. The van der Waals surface area contributed by atoms with E-state index >= 15 is 0 Å². The van der Waals surface area contributed by atoms with E-state index in [0.29, 0.717) is 49.6 Å². The van der Waals surface area contributed by atoms with Crippen molar-refractivity contribution in [2.24, 2.45) is 17.8 Å². The van der Waals surface area contributed by atoms with E-state index in [-0.39, 0.29) is 44.0 Å². The molecule has 1 aromatic carbocycles. The van der Waals surface area contributed by atoms with Gasteiger partial charge in [-0.05, 0) is 81.0 Å². The number of alkyl carbamates (subject to hydrolysis) is 1. The number of carbonyl (C=O) groups excluding carboxylic acids is 4. The number of alkyl halides is 4. The third-order valence-electron chi connectivity index (χ3n) is 11.3. The summed E-state index contributed by atoms with van der Waals surface area (Å²) >= 11 is 0. The molecular formula is C38H47F4N5O9S. The van der Waals surface area contributed by atoms with E-state index in [0.717, 1.165) is 4.90 Å². The number of ether oxygens (including phenoxy) is 3. The summed E-state index contributed by atoms with van der Waals surface area (Å²) in [5.74, 6) is -3.50. The number of pyridine rings is 1. The molecule has 0 unspecified atom stereocenters. The number of fused-ring (bicyclic) bond motifs is 3. The summed E-state index contributed by atoms with van der Waals surface area (Å²) in [7, 11) is -3.23. The van der Waals surface area contributed by atoms with Crippen LogP contribution in [0.25, 0.3) is 10.8 Å². The van der Waals surface area contributed by atoms with Crippen LogP contribution in [0.1, 0.15) is 72.6 Å². The molecule has 312 valence electrons. The van der Waals surface area contributed by atoms with Crippen LogP contribution in [0.2, 0.25) is 0 Å². The van der Waals surface area contributed by atoms with Crippen molar-refractivity contribution in [3.63, 3.8) is 0 Å². The predicted octanol–water partition coefficient (Wildman–Crippen LogP) is 4.82. The van der Waals surface area contributed by atoms with Crippen molar-refractivity contribution < 1.29 is 59.4 Å². The molecule has 6 rings (SSSR count). The van der Waals surface area contributed by atoms with Crippen LogP contribution in [0.15, 0.2) is 42.6 Å². The largest absolute Gasteiger partial charge is 0.497 e. The van der Waals surface area contributed by atoms with E-state index in [2.05, 4.69) is 15.6 Å². The summed E-state index contributed by atoms with van der Waals surface area (Å²) in [5.41, 5.74) is -4.71. The van der Waals surface area contributed by atoms with E-state index in [9.17, 15) is 45.2 Å². The highest BCUT2D eigenvalue weighted by Crippen LogP contribution is 2.48. The lowest BCUT2D eigenvalue weighted by Gasteiger charge is -2.34. The van der Waals surface area contributed by atoms with Crippen molar-refractivity contribution in [2.45, 2.75) is 113 Å². The van der Waals surface area contributed by atoms with Crippen molar-refractivity contribution in [3.8, 4) is 11.6 Å². The third-order valence-corrected chi connectivity index (χ3v) is 13.1. The monoisotopic (exact) mass is 825 g/mol. The number of halogens is 4. The Balaban J connectivity index is 1.35. The fourth-order valence-corrected chi connectivity index (χ4v) is 8.69. The second kappa shape index (κ2) is 15.2. The van der Waals surface area contributed by atoms with Crippen LogP contribution in [0, 0.1) is 17.8 Å². The second-order valence-electron chi connectivity index (χ2n) is 16.1. The molecule has 19 heteroatoms. The Kier molecular flexibility index (Phi) is 11.2. The van der Waals surface area contributed by atoms with Gasteiger partial charge in [0.05, 0.1) is 13.7 Å². The maximum Gasteiger partial charge on any atom is 0.427 e. The fourth-order valence-electron chi connectivity index (χ4n) is 7.44. The van der Waals surface area contributed by atoms with Crippen LogP contribution in [0.3, 0.4) is 0 Å². The lowest BCUT2D eigenvalue weighted by Crippen LogP contribution is -2.59. The molecule has 7 atom stereocenters. The molecule has 2 saturated carbocycles.